The van der Waals surface area contributed by atoms with E-state index in [-0.39, 0.29) is 0 Å². The second-order valence-electron chi connectivity index (χ2n) is 4.63. The molecule has 1 aliphatic heterocycles. The van der Waals surface area contributed by atoms with Crippen LogP contribution in [0.2, 0.25) is 0 Å². The van der Waals surface area contributed by atoms with Gasteiger partial charge in [0.25, 0.3) is 0 Å². The van der Waals surface area contributed by atoms with E-state index in [2.05, 4.69) is 13.8 Å². The number of carboxylic acid groups (broad SMARTS) is 1. The van der Waals surface area contributed by atoms with Gasteiger partial charge in [0.2, 0.25) is 0 Å². The molecule has 0 aliphatic carbocycles. The van der Waals surface area contributed by atoms with Gasteiger partial charge in [-0.3, -0.25) is 4.79 Å². The summed E-state index contributed by atoms with van der Waals surface area (Å²) in [5, 5.41) is 9.22. The molecule has 0 radical (unpaired) electrons. The maximum Gasteiger partial charge on any atom is 0.311 e. The number of hydrogen-bond acceptors (Lipinski definition) is 2. The summed E-state index contributed by atoms with van der Waals surface area (Å²) >= 11 is 0. The highest BCUT2D eigenvalue weighted by Crippen LogP contribution is 2.36. The molecule has 92 valence electrons. The van der Waals surface area contributed by atoms with Gasteiger partial charge < -0.3 is 9.84 Å². The van der Waals surface area contributed by atoms with Gasteiger partial charge >= 0.3 is 5.97 Å². The van der Waals surface area contributed by atoms with Gasteiger partial charge in [-0.1, -0.05) is 26.0 Å². The van der Waals surface area contributed by atoms with Crippen LogP contribution in [0.15, 0.2) is 18.2 Å². The minimum absolute atomic E-state index is 0.414. The van der Waals surface area contributed by atoms with Gasteiger partial charge in [-0.15, -0.1) is 0 Å². The molecule has 0 spiro atoms. The summed E-state index contributed by atoms with van der Waals surface area (Å²) in [6.45, 7) is 4.78. The number of rotatable bonds is 3. The van der Waals surface area contributed by atoms with Crippen molar-refractivity contribution in [1.29, 1.82) is 0 Å². The maximum absolute atomic E-state index is 11.2. The van der Waals surface area contributed by atoms with Crippen molar-refractivity contribution in [2.45, 2.75) is 38.5 Å². The number of carbonyl (C=O) groups is 1. The van der Waals surface area contributed by atoms with Crippen molar-refractivity contribution in [2.24, 2.45) is 0 Å². The lowest BCUT2D eigenvalue weighted by Crippen LogP contribution is -2.21. The normalized spacial score (nSPS) is 20.2. The molecule has 0 saturated carbocycles. The summed E-state index contributed by atoms with van der Waals surface area (Å²) in [6, 6.07) is 5.95. The zero-order valence-corrected chi connectivity index (χ0v) is 10.3. The zero-order valence-electron chi connectivity index (χ0n) is 10.3. The van der Waals surface area contributed by atoms with Crippen LogP contribution in [0.25, 0.3) is 0 Å². The van der Waals surface area contributed by atoms with Gasteiger partial charge in [0.15, 0.2) is 0 Å². The van der Waals surface area contributed by atoms with Crippen LogP contribution in [0.5, 0.6) is 5.75 Å². The van der Waals surface area contributed by atoms with Crippen molar-refractivity contribution >= 4 is 5.97 Å². The molecule has 3 heteroatoms. The fourth-order valence-electron chi connectivity index (χ4n) is 2.21. The Kier molecular flexibility index (Phi) is 3.36. The first-order chi connectivity index (χ1) is 8.13. The maximum atomic E-state index is 11.2. The predicted molar refractivity (Wildman–Crippen MR) is 65.6 cm³/mol. The van der Waals surface area contributed by atoms with E-state index in [4.69, 9.17) is 4.74 Å². The van der Waals surface area contributed by atoms with Crippen LogP contribution < -0.4 is 4.74 Å². The first kappa shape index (κ1) is 12.0. The number of benzene rings is 1. The predicted octanol–water partition coefficient (Wildman–Crippen LogP) is 3.15. The van der Waals surface area contributed by atoms with Crippen LogP contribution in [0, 0.1) is 0 Å². The molecule has 0 amide bonds. The van der Waals surface area contributed by atoms with Crippen molar-refractivity contribution in [3.8, 4) is 5.75 Å². The molecule has 0 aromatic heterocycles. The van der Waals surface area contributed by atoms with Gasteiger partial charge in [0.1, 0.15) is 5.75 Å². The van der Waals surface area contributed by atoms with Crippen LogP contribution in [0.1, 0.15) is 49.7 Å². The van der Waals surface area contributed by atoms with E-state index in [9.17, 15) is 9.90 Å². The van der Waals surface area contributed by atoms with E-state index < -0.39 is 11.9 Å². The molecule has 0 bridgehead atoms. The monoisotopic (exact) mass is 234 g/mol. The zero-order chi connectivity index (χ0) is 12.4. The fraction of sp³-hybridized carbons (Fsp3) is 0.500. The molecule has 0 saturated heterocycles. The quantitative estimate of drug-likeness (QED) is 0.873. The third-order valence-electron chi connectivity index (χ3n) is 3.55. The lowest BCUT2D eigenvalue weighted by molar-refractivity contribution is -0.139. The number of ether oxygens (including phenoxy) is 1. The summed E-state index contributed by atoms with van der Waals surface area (Å²) in [6.07, 6.45) is 1.61. The molecule has 2 unspecified atom stereocenters. The second-order valence-corrected chi connectivity index (χ2v) is 4.63. The van der Waals surface area contributed by atoms with E-state index in [0.29, 0.717) is 18.9 Å². The molecule has 1 aliphatic rings. The largest absolute Gasteiger partial charge is 0.493 e. The Morgan fingerprint density at radius 3 is 3.00 bits per heavy atom. The van der Waals surface area contributed by atoms with Gasteiger partial charge in [-0.25, -0.2) is 0 Å². The van der Waals surface area contributed by atoms with Crippen LogP contribution in [-0.2, 0) is 4.79 Å². The first-order valence-corrected chi connectivity index (χ1v) is 6.13. The lowest BCUT2D eigenvalue weighted by Gasteiger charge is -2.24. The molecular weight excluding hydrogens is 216 g/mol. The minimum Gasteiger partial charge on any atom is -0.493 e. The average molecular weight is 234 g/mol. The van der Waals surface area contributed by atoms with Crippen LogP contribution >= 0.6 is 0 Å². The fourth-order valence-corrected chi connectivity index (χ4v) is 2.21. The third kappa shape index (κ3) is 2.28. The Morgan fingerprint density at radius 1 is 1.59 bits per heavy atom. The number of carboxylic acids is 1. The first-order valence-electron chi connectivity index (χ1n) is 6.13. The molecule has 17 heavy (non-hydrogen) atoms. The summed E-state index contributed by atoms with van der Waals surface area (Å²) in [4.78, 5) is 11.2. The van der Waals surface area contributed by atoms with Crippen molar-refractivity contribution in [3.05, 3.63) is 29.3 Å². The van der Waals surface area contributed by atoms with Crippen LogP contribution in [0.4, 0.5) is 0 Å². The average Bonchev–Trinajstić information content (AvgIpc) is 2.36. The third-order valence-corrected chi connectivity index (χ3v) is 3.55. The molecule has 1 aromatic carbocycles. The topological polar surface area (TPSA) is 46.5 Å². The highest BCUT2D eigenvalue weighted by Gasteiger charge is 2.27. The van der Waals surface area contributed by atoms with Crippen molar-refractivity contribution in [3.63, 3.8) is 0 Å². The summed E-state index contributed by atoms with van der Waals surface area (Å²) in [5.74, 6) is 0.0194. The molecule has 1 heterocycles. The van der Waals surface area contributed by atoms with Gasteiger partial charge in [0.05, 0.1) is 12.5 Å². The van der Waals surface area contributed by atoms with E-state index in [0.717, 1.165) is 17.7 Å². The van der Waals surface area contributed by atoms with Crippen molar-refractivity contribution in [1.82, 2.24) is 0 Å². The highest BCUT2D eigenvalue weighted by molar-refractivity contribution is 5.77. The Hall–Kier alpha value is -1.51. The number of hydrogen-bond donors (Lipinski definition) is 1. The Morgan fingerprint density at radius 2 is 2.35 bits per heavy atom. The molecule has 1 aromatic rings. The summed E-state index contributed by atoms with van der Waals surface area (Å²) in [5.41, 5.74) is 2.03. The van der Waals surface area contributed by atoms with E-state index in [1.165, 1.54) is 5.56 Å². The summed E-state index contributed by atoms with van der Waals surface area (Å²) in [7, 11) is 0. The summed E-state index contributed by atoms with van der Waals surface area (Å²) < 4.78 is 5.51. The van der Waals surface area contributed by atoms with Crippen LogP contribution in [-0.4, -0.2) is 17.7 Å². The standard InChI is InChI=1S/C14H18O3/c1-3-9(2)10-4-5-13-12(8-10)11(14(15)16)6-7-17-13/h4-5,8-9,11H,3,6-7H2,1-2H3,(H,15,16). The number of fused-ring (bicyclic) bond motifs is 1. The Bertz CT molecular complexity index is 425. The van der Waals surface area contributed by atoms with Crippen molar-refractivity contribution < 1.29 is 14.6 Å². The van der Waals surface area contributed by atoms with E-state index >= 15 is 0 Å². The Labute approximate surface area is 101 Å². The molecule has 3 nitrogen and oxygen atoms in total. The van der Waals surface area contributed by atoms with E-state index in [1.54, 1.807) is 0 Å². The van der Waals surface area contributed by atoms with Gasteiger partial charge in [-0.2, -0.15) is 0 Å². The molecular formula is C14H18O3. The molecule has 2 atom stereocenters. The molecule has 1 N–H and O–H groups in total. The smallest absolute Gasteiger partial charge is 0.311 e. The van der Waals surface area contributed by atoms with E-state index in [1.807, 2.05) is 18.2 Å². The van der Waals surface area contributed by atoms with Gasteiger partial charge in [0, 0.05) is 5.56 Å². The Balaban J connectivity index is 2.40. The van der Waals surface area contributed by atoms with Crippen molar-refractivity contribution in [2.75, 3.05) is 6.61 Å². The highest BCUT2D eigenvalue weighted by atomic mass is 16.5. The van der Waals surface area contributed by atoms with Gasteiger partial charge in [-0.05, 0) is 30.4 Å². The number of aliphatic carboxylic acids is 1. The molecule has 0 fully saturated rings. The SMILES string of the molecule is CCC(C)c1ccc2c(c1)C(C(=O)O)CCO2. The lowest BCUT2D eigenvalue weighted by atomic mass is 9.88. The minimum atomic E-state index is -0.754. The molecule has 2 rings (SSSR count). The van der Waals surface area contributed by atoms with Crippen LogP contribution in [0.3, 0.4) is 0 Å². The second kappa shape index (κ2) is 4.78.